The number of para-hydroxylation sites is 1. The zero-order chi connectivity index (χ0) is 10.2. The van der Waals surface area contributed by atoms with Crippen LogP contribution in [0.1, 0.15) is 25.3 Å². The lowest BCUT2D eigenvalue weighted by molar-refractivity contribution is 0.324. The van der Waals surface area contributed by atoms with Crippen LogP contribution >= 0.6 is 0 Å². The molecule has 0 saturated heterocycles. The molecule has 14 heavy (non-hydrogen) atoms. The first-order chi connectivity index (χ1) is 6.88. The molecule has 0 saturated carbocycles. The zero-order valence-corrected chi connectivity index (χ0v) is 8.83. The average Bonchev–Trinajstić information content (AvgIpc) is 2.24. The Morgan fingerprint density at radius 1 is 1.29 bits per heavy atom. The van der Waals surface area contributed by atoms with Crippen molar-refractivity contribution in [1.29, 1.82) is 0 Å². The maximum atomic E-state index is 5.56. The Labute approximate surface area is 86.1 Å². The Kier molecular flexibility index (Phi) is 5.08. The summed E-state index contributed by atoms with van der Waals surface area (Å²) < 4.78 is 5.56. The van der Waals surface area contributed by atoms with Crippen molar-refractivity contribution >= 4 is 0 Å². The van der Waals surface area contributed by atoms with E-state index in [4.69, 9.17) is 10.5 Å². The molecule has 2 N–H and O–H groups in total. The predicted octanol–water partition coefficient (Wildman–Crippen LogP) is 2.37. The van der Waals surface area contributed by atoms with E-state index in [0.717, 1.165) is 12.2 Å². The molecule has 0 aliphatic rings. The number of hydrogen-bond acceptors (Lipinski definition) is 2. The van der Waals surface area contributed by atoms with Crippen LogP contribution in [0, 0.1) is 0 Å². The van der Waals surface area contributed by atoms with Gasteiger partial charge in [0.05, 0.1) is 0 Å². The summed E-state index contributed by atoms with van der Waals surface area (Å²) >= 11 is 0. The summed E-state index contributed by atoms with van der Waals surface area (Å²) in [5.74, 6) is 0.992. The second-order valence-electron chi connectivity index (χ2n) is 3.35. The molecule has 0 aliphatic carbocycles. The molecule has 1 aromatic carbocycles. The van der Waals surface area contributed by atoms with Gasteiger partial charge in [-0.3, -0.25) is 0 Å². The van der Waals surface area contributed by atoms with Crippen molar-refractivity contribution in [3.8, 4) is 5.75 Å². The molecule has 0 spiro atoms. The van der Waals surface area contributed by atoms with Crippen LogP contribution in [0.4, 0.5) is 0 Å². The number of rotatable bonds is 6. The van der Waals surface area contributed by atoms with Gasteiger partial charge in [-0.2, -0.15) is 0 Å². The third-order valence-electron chi connectivity index (χ3n) is 2.15. The Hall–Kier alpha value is -1.02. The van der Waals surface area contributed by atoms with Gasteiger partial charge in [-0.25, -0.2) is 0 Å². The van der Waals surface area contributed by atoms with Crippen LogP contribution in [0.3, 0.4) is 0 Å². The molecule has 78 valence electrons. The highest BCUT2D eigenvalue weighted by Gasteiger charge is 2.01. The van der Waals surface area contributed by atoms with Gasteiger partial charge in [-0.15, -0.1) is 0 Å². The molecule has 0 aliphatic heterocycles. The summed E-state index contributed by atoms with van der Waals surface area (Å²) in [5.41, 5.74) is 6.70. The number of unbranched alkanes of at least 4 members (excludes halogenated alkanes) is 1. The highest BCUT2D eigenvalue weighted by atomic mass is 16.5. The first-order valence-corrected chi connectivity index (χ1v) is 5.29. The Morgan fingerprint density at radius 2 is 2.07 bits per heavy atom. The SMILES string of the molecule is CCCCc1ccccc1OCCN. The van der Waals surface area contributed by atoms with Crippen LogP contribution < -0.4 is 10.5 Å². The van der Waals surface area contributed by atoms with Gasteiger partial charge in [-0.05, 0) is 24.5 Å². The molecule has 0 fully saturated rings. The van der Waals surface area contributed by atoms with Crippen molar-refractivity contribution in [3.05, 3.63) is 29.8 Å². The lowest BCUT2D eigenvalue weighted by Crippen LogP contribution is -2.11. The van der Waals surface area contributed by atoms with E-state index < -0.39 is 0 Å². The normalized spacial score (nSPS) is 10.1. The number of aryl methyl sites for hydroxylation is 1. The van der Waals surface area contributed by atoms with Gasteiger partial charge in [0.1, 0.15) is 12.4 Å². The van der Waals surface area contributed by atoms with E-state index in [1.165, 1.54) is 18.4 Å². The van der Waals surface area contributed by atoms with E-state index in [-0.39, 0.29) is 0 Å². The van der Waals surface area contributed by atoms with Gasteiger partial charge < -0.3 is 10.5 Å². The maximum absolute atomic E-state index is 5.56. The predicted molar refractivity (Wildman–Crippen MR) is 59.6 cm³/mol. The number of ether oxygens (including phenoxy) is 1. The fourth-order valence-corrected chi connectivity index (χ4v) is 1.39. The summed E-state index contributed by atoms with van der Waals surface area (Å²) in [6.07, 6.45) is 3.52. The minimum Gasteiger partial charge on any atom is -0.492 e. The average molecular weight is 193 g/mol. The van der Waals surface area contributed by atoms with Gasteiger partial charge in [0.2, 0.25) is 0 Å². The molecular weight excluding hydrogens is 174 g/mol. The highest BCUT2D eigenvalue weighted by Crippen LogP contribution is 2.19. The largest absolute Gasteiger partial charge is 0.492 e. The number of benzene rings is 1. The summed E-state index contributed by atoms with van der Waals surface area (Å²) in [7, 11) is 0. The number of nitrogens with two attached hydrogens (primary N) is 1. The van der Waals surface area contributed by atoms with Crippen molar-refractivity contribution in [2.75, 3.05) is 13.2 Å². The smallest absolute Gasteiger partial charge is 0.122 e. The second-order valence-corrected chi connectivity index (χ2v) is 3.35. The van der Waals surface area contributed by atoms with E-state index in [2.05, 4.69) is 19.1 Å². The monoisotopic (exact) mass is 193 g/mol. The first kappa shape index (κ1) is 11.1. The zero-order valence-electron chi connectivity index (χ0n) is 8.83. The Balaban J connectivity index is 2.60. The molecule has 0 atom stereocenters. The maximum Gasteiger partial charge on any atom is 0.122 e. The van der Waals surface area contributed by atoms with E-state index in [1.807, 2.05) is 12.1 Å². The van der Waals surface area contributed by atoms with Crippen LogP contribution in [0.25, 0.3) is 0 Å². The molecule has 0 bridgehead atoms. The lowest BCUT2D eigenvalue weighted by atomic mass is 10.1. The lowest BCUT2D eigenvalue weighted by Gasteiger charge is -2.09. The van der Waals surface area contributed by atoms with Crippen molar-refractivity contribution in [3.63, 3.8) is 0 Å². The Morgan fingerprint density at radius 3 is 2.79 bits per heavy atom. The van der Waals surface area contributed by atoms with Gasteiger partial charge in [0, 0.05) is 6.54 Å². The van der Waals surface area contributed by atoms with Crippen LogP contribution in [0.15, 0.2) is 24.3 Å². The molecule has 0 radical (unpaired) electrons. The first-order valence-electron chi connectivity index (χ1n) is 5.29. The van der Waals surface area contributed by atoms with Gasteiger partial charge in [0.15, 0.2) is 0 Å². The molecule has 0 aromatic heterocycles. The van der Waals surface area contributed by atoms with E-state index >= 15 is 0 Å². The van der Waals surface area contributed by atoms with E-state index in [9.17, 15) is 0 Å². The third kappa shape index (κ3) is 3.38. The van der Waals surface area contributed by atoms with Gasteiger partial charge in [0.25, 0.3) is 0 Å². The van der Waals surface area contributed by atoms with Crippen LogP contribution in [-0.2, 0) is 6.42 Å². The van der Waals surface area contributed by atoms with Crippen molar-refractivity contribution in [1.82, 2.24) is 0 Å². The number of hydrogen-bond donors (Lipinski definition) is 1. The second kappa shape index (κ2) is 6.44. The topological polar surface area (TPSA) is 35.2 Å². The molecule has 0 unspecified atom stereocenters. The van der Waals surface area contributed by atoms with E-state index in [0.29, 0.717) is 13.2 Å². The molecule has 0 heterocycles. The minimum atomic E-state index is 0.572. The molecule has 1 rings (SSSR count). The molecule has 2 heteroatoms. The molecule has 2 nitrogen and oxygen atoms in total. The quantitative estimate of drug-likeness (QED) is 0.752. The summed E-state index contributed by atoms with van der Waals surface area (Å²) in [6, 6.07) is 8.20. The van der Waals surface area contributed by atoms with Crippen molar-refractivity contribution < 1.29 is 4.74 Å². The van der Waals surface area contributed by atoms with Gasteiger partial charge >= 0.3 is 0 Å². The van der Waals surface area contributed by atoms with Crippen molar-refractivity contribution in [2.45, 2.75) is 26.2 Å². The molecule has 1 aromatic rings. The van der Waals surface area contributed by atoms with Gasteiger partial charge in [-0.1, -0.05) is 31.5 Å². The fraction of sp³-hybridized carbons (Fsp3) is 0.500. The summed E-state index contributed by atoms with van der Waals surface area (Å²) in [6.45, 7) is 3.37. The van der Waals surface area contributed by atoms with E-state index in [1.54, 1.807) is 0 Å². The molecule has 0 amide bonds. The minimum absolute atomic E-state index is 0.572. The summed E-state index contributed by atoms with van der Waals surface area (Å²) in [4.78, 5) is 0. The fourth-order valence-electron chi connectivity index (χ4n) is 1.39. The van der Waals surface area contributed by atoms with Crippen LogP contribution in [-0.4, -0.2) is 13.2 Å². The van der Waals surface area contributed by atoms with Crippen molar-refractivity contribution in [2.24, 2.45) is 5.73 Å². The third-order valence-corrected chi connectivity index (χ3v) is 2.15. The summed E-state index contributed by atoms with van der Waals surface area (Å²) in [5, 5.41) is 0. The Bertz CT molecular complexity index is 233. The highest BCUT2D eigenvalue weighted by molar-refractivity contribution is 5.33. The standard InChI is InChI=1S/C12H19NO/c1-2-3-6-11-7-4-5-8-12(11)14-10-9-13/h4-5,7-8H,2-3,6,9-10,13H2,1H3. The molecular formula is C12H19NO. The van der Waals surface area contributed by atoms with Crippen LogP contribution in [0.2, 0.25) is 0 Å². The van der Waals surface area contributed by atoms with Crippen LogP contribution in [0.5, 0.6) is 5.75 Å².